The first kappa shape index (κ1) is 19.5. The number of nitrogens with zero attached hydrogens (tertiary/aromatic N) is 2. The number of carbonyl (C=O) groups is 2. The molecule has 2 aromatic rings. The van der Waals surface area contributed by atoms with E-state index >= 15 is 0 Å². The van der Waals surface area contributed by atoms with E-state index in [-0.39, 0.29) is 34.5 Å². The van der Waals surface area contributed by atoms with Crippen molar-refractivity contribution < 1.29 is 19.1 Å². The maximum absolute atomic E-state index is 13.3. The molecule has 4 rings (SSSR count). The van der Waals surface area contributed by atoms with E-state index in [1.54, 1.807) is 0 Å². The standard InChI is InChI=1S/C19H21ClFN5O3/c20-13-5-11(1-2-14(13)21)23-15(27)6-12-16(24-25-17(12)22)10-3-4-19(7-10)8-26(9-19)18(28)29/h1-2,5,10H,3-4,6-9H2,(H,23,27)(H,28,29)(H3,22,24,25). The third-order valence-electron chi connectivity index (χ3n) is 5.91. The van der Waals surface area contributed by atoms with Crippen LogP contribution in [0.2, 0.25) is 5.02 Å². The highest BCUT2D eigenvalue weighted by Crippen LogP contribution is 2.52. The molecule has 1 unspecified atom stereocenters. The van der Waals surface area contributed by atoms with E-state index in [0.717, 1.165) is 25.0 Å². The number of hydrogen-bond acceptors (Lipinski definition) is 4. The van der Waals surface area contributed by atoms with Gasteiger partial charge in [-0.1, -0.05) is 11.6 Å². The maximum atomic E-state index is 13.3. The van der Waals surface area contributed by atoms with Crippen molar-refractivity contribution in [3.63, 3.8) is 0 Å². The van der Waals surface area contributed by atoms with Crippen LogP contribution in [0.5, 0.6) is 0 Å². The summed E-state index contributed by atoms with van der Waals surface area (Å²) >= 11 is 5.75. The molecule has 1 atom stereocenters. The van der Waals surface area contributed by atoms with Crippen LogP contribution in [0.15, 0.2) is 18.2 Å². The molecule has 1 saturated heterocycles. The van der Waals surface area contributed by atoms with Gasteiger partial charge in [-0.3, -0.25) is 9.89 Å². The van der Waals surface area contributed by atoms with Crippen LogP contribution < -0.4 is 11.1 Å². The van der Waals surface area contributed by atoms with E-state index in [2.05, 4.69) is 15.5 Å². The highest BCUT2D eigenvalue weighted by molar-refractivity contribution is 6.31. The van der Waals surface area contributed by atoms with E-state index < -0.39 is 11.9 Å². The predicted octanol–water partition coefficient (Wildman–Crippen LogP) is 3.21. The minimum atomic E-state index is -0.886. The Bertz CT molecular complexity index is 973. The Morgan fingerprint density at radius 3 is 2.90 bits per heavy atom. The minimum Gasteiger partial charge on any atom is -0.465 e. The molecule has 1 aromatic carbocycles. The van der Waals surface area contributed by atoms with Gasteiger partial charge in [0.05, 0.1) is 11.4 Å². The lowest BCUT2D eigenvalue weighted by Crippen LogP contribution is -2.56. The van der Waals surface area contributed by atoms with Crippen LogP contribution in [-0.2, 0) is 11.2 Å². The van der Waals surface area contributed by atoms with Crippen LogP contribution in [0.4, 0.5) is 20.7 Å². The molecular formula is C19H21ClFN5O3. The first-order chi connectivity index (χ1) is 13.8. The molecule has 154 valence electrons. The molecule has 1 aliphatic heterocycles. The molecule has 2 heterocycles. The summed E-state index contributed by atoms with van der Waals surface area (Å²) in [5.41, 5.74) is 7.87. The van der Waals surface area contributed by atoms with Gasteiger partial charge in [-0.15, -0.1) is 0 Å². The van der Waals surface area contributed by atoms with Gasteiger partial charge in [0, 0.05) is 41.4 Å². The average Bonchev–Trinajstić information content (AvgIpc) is 3.21. The molecule has 1 saturated carbocycles. The van der Waals surface area contributed by atoms with Gasteiger partial charge in [0.2, 0.25) is 5.91 Å². The quantitative estimate of drug-likeness (QED) is 0.603. The van der Waals surface area contributed by atoms with Crippen molar-refractivity contribution in [2.24, 2.45) is 5.41 Å². The molecule has 2 fully saturated rings. The number of aromatic amines is 1. The third-order valence-corrected chi connectivity index (χ3v) is 6.20. The number of halogens is 2. The number of nitrogens with one attached hydrogen (secondary N) is 2. The van der Waals surface area contributed by atoms with E-state index in [0.29, 0.717) is 24.3 Å². The highest BCUT2D eigenvalue weighted by Gasteiger charge is 2.50. The molecule has 1 aliphatic carbocycles. The number of benzene rings is 1. The van der Waals surface area contributed by atoms with Gasteiger partial charge in [0.15, 0.2) is 0 Å². The molecular weight excluding hydrogens is 401 g/mol. The van der Waals surface area contributed by atoms with Crippen molar-refractivity contribution in [1.82, 2.24) is 15.1 Å². The second-order valence-electron chi connectivity index (χ2n) is 7.93. The zero-order valence-electron chi connectivity index (χ0n) is 15.5. The van der Waals surface area contributed by atoms with E-state index in [4.69, 9.17) is 22.4 Å². The Hall–Kier alpha value is -2.81. The Morgan fingerprint density at radius 2 is 2.21 bits per heavy atom. The second kappa shape index (κ2) is 7.22. The molecule has 2 aliphatic rings. The van der Waals surface area contributed by atoms with Crippen LogP contribution in [0.3, 0.4) is 0 Å². The van der Waals surface area contributed by atoms with Crippen molar-refractivity contribution in [2.45, 2.75) is 31.6 Å². The zero-order valence-corrected chi connectivity index (χ0v) is 16.3. The molecule has 29 heavy (non-hydrogen) atoms. The van der Waals surface area contributed by atoms with Crippen LogP contribution >= 0.6 is 11.6 Å². The Balaban J connectivity index is 1.43. The van der Waals surface area contributed by atoms with Gasteiger partial charge in [-0.2, -0.15) is 5.10 Å². The number of amides is 2. The van der Waals surface area contributed by atoms with E-state index in [9.17, 15) is 14.0 Å². The molecule has 0 radical (unpaired) electrons. The fourth-order valence-electron chi connectivity index (χ4n) is 4.50. The lowest BCUT2D eigenvalue weighted by Gasteiger charge is -2.46. The van der Waals surface area contributed by atoms with Gasteiger partial charge in [-0.05, 0) is 37.5 Å². The molecule has 1 spiro atoms. The summed E-state index contributed by atoms with van der Waals surface area (Å²) in [6.07, 6.45) is 1.79. The smallest absolute Gasteiger partial charge is 0.407 e. The number of H-pyrrole nitrogens is 1. The average molecular weight is 422 g/mol. The van der Waals surface area contributed by atoms with Gasteiger partial charge in [0.1, 0.15) is 11.6 Å². The number of anilines is 2. The van der Waals surface area contributed by atoms with Crippen LogP contribution in [0.1, 0.15) is 36.4 Å². The van der Waals surface area contributed by atoms with Crippen molar-refractivity contribution in [3.8, 4) is 0 Å². The number of carbonyl (C=O) groups excluding carboxylic acids is 1. The SMILES string of the molecule is Nc1n[nH]c(C2CCC3(C2)CN(C(=O)O)C3)c1CC(=O)Nc1ccc(F)c(Cl)c1. The van der Waals surface area contributed by atoms with Crippen molar-refractivity contribution in [3.05, 3.63) is 40.3 Å². The number of nitrogen functional groups attached to an aromatic ring is 1. The lowest BCUT2D eigenvalue weighted by molar-refractivity contribution is -0.115. The lowest BCUT2D eigenvalue weighted by atomic mass is 9.77. The molecule has 8 nitrogen and oxygen atoms in total. The number of likely N-dealkylation sites (tertiary alicyclic amines) is 1. The summed E-state index contributed by atoms with van der Waals surface area (Å²) in [7, 11) is 0. The second-order valence-corrected chi connectivity index (χ2v) is 8.34. The molecule has 1 aromatic heterocycles. The normalized spacial score (nSPS) is 19.9. The Kier molecular flexibility index (Phi) is 4.85. The molecule has 0 bridgehead atoms. The first-order valence-corrected chi connectivity index (χ1v) is 9.69. The summed E-state index contributed by atoms with van der Waals surface area (Å²) in [6.45, 7) is 1.09. The fourth-order valence-corrected chi connectivity index (χ4v) is 4.68. The highest BCUT2D eigenvalue weighted by atomic mass is 35.5. The molecule has 10 heteroatoms. The van der Waals surface area contributed by atoms with Gasteiger partial charge in [0.25, 0.3) is 0 Å². The summed E-state index contributed by atoms with van der Waals surface area (Å²) in [5.74, 6) is -0.443. The van der Waals surface area contributed by atoms with Crippen molar-refractivity contribution in [1.29, 1.82) is 0 Å². The van der Waals surface area contributed by atoms with Crippen LogP contribution in [0.25, 0.3) is 0 Å². The summed E-state index contributed by atoms with van der Waals surface area (Å²) < 4.78 is 13.3. The Labute approximate surface area is 171 Å². The largest absolute Gasteiger partial charge is 0.465 e. The number of hydrogen-bond donors (Lipinski definition) is 4. The number of nitrogens with two attached hydrogens (primary N) is 1. The first-order valence-electron chi connectivity index (χ1n) is 9.32. The van der Waals surface area contributed by atoms with Crippen LogP contribution in [-0.4, -0.2) is 45.3 Å². The molecule has 5 N–H and O–H groups in total. The van der Waals surface area contributed by atoms with Gasteiger partial charge >= 0.3 is 6.09 Å². The summed E-state index contributed by atoms with van der Waals surface area (Å²) in [6, 6.07) is 3.97. The molecule has 2 amide bonds. The topological polar surface area (TPSA) is 124 Å². The predicted molar refractivity (Wildman–Crippen MR) is 105 cm³/mol. The van der Waals surface area contributed by atoms with Gasteiger partial charge in [-0.25, -0.2) is 9.18 Å². The summed E-state index contributed by atoms with van der Waals surface area (Å²) in [5, 5.41) is 18.7. The maximum Gasteiger partial charge on any atom is 0.407 e. The zero-order chi connectivity index (χ0) is 20.8. The van der Waals surface area contributed by atoms with Crippen molar-refractivity contribution in [2.75, 3.05) is 24.1 Å². The number of aromatic nitrogens is 2. The Morgan fingerprint density at radius 1 is 1.45 bits per heavy atom. The third kappa shape index (κ3) is 3.74. The minimum absolute atomic E-state index is 0.00726. The number of carboxylic acid groups (broad SMARTS) is 1. The van der Waals surface area contributed by atoms with Gasteiger partial charge < -0.3 is 21.1 Å². The van der Waals surface area contributed by atoms with E-state index in [1.165, 1.54) is 23.1 Å². The van der Waals surface area contributed by atoms with Crippen LogP contribution in [0, 0.1) is 11.2 Å². The monoisotopic (exact) mass is 421 g/mol. The van der Waals surface area contributed by atoms with E-state index in [1.807, 2.05) is 0 Å². The van der Waals surface area contributed by atoms with Crippen molar-refractivity contribution >= 4 is 35.1 Å². The fraction of sp³-hybridized carbons (Fsp3) is 0.421. The summed E-state index contributed by atoms with van der Waals surface area (Å²) in [4.78, 5) is 25.0. The number of rotatable bonds is 4.